The van der Waals surface area contributed by atoms with E-state index < -0.39 is 8.07 Å². The largest absolute Gasteiger partial charge is 0.311 e. The predicted molar refractivity (Wildman–Crippen MR) is 235 cm³/mol. The lowest BCUT2D eigenvalue weighted by atomic mass is 9.96. The van der Waals surface area contributed by atoms with Crippen LogP contribution in [0.3, 0.4) is 0 Å². The smallest absolute Gasteiger partial charge is 0.182 e. The summed E-state index contributed by atoms with van der Waals surface area (Å²) in [5.41, 5.74) is 12.3. The van der Waals surface area contributed by atoms with Crippen molar-refractivity contribution in [3.8, 4) is 22.3 Å². The van der Waals surface area contributed by atoms with Crippen LogP contribution in [0.2, 0.25) is 0 Å². The molecule has 9 aromatic carbocycles. The Morgan fingerprint density at radius 3 is 1.24 bits per heavy atom. The Kier molecular flexibility index (Phi) is 7.22. The fourth-order valence-electron chi connectivity index (χ4n) is 9.47. The molecule has 2 nitrogen and oxygen atoms in total. The van der Waals surface area contributed by atoms with Gasteiger partial charge in [-0.1, -0.05) is 152 Å². The second kappa shape index (κ2) is 12.6. The first-order chi connectivity index (χ1) is 27.3. The van der Waals surface area contributed by atoms with Gasteiger partial charge in [-0.25, -0.2) is 0 Å². The van der Waals surface area contributed by atoms with Crippen LogP contribution in [-0.4, -0.2) is 8.07 Å². The summed E-state index contributed by atoms with van der Waals surface area (Å²) < 4.78 is 0. The van der Waals surface area contributed by atoms with Crippen molar-refractivity contribution in [2.45, 2.75) is 0 Å². The van der Waals surface area contributed by atoms with Crippen LogP contribution in [0.5, 0.6) is 0 Å². The van der Waals surface area contributed by atoms with Crippen LogP contribution in [0.15, 0.2) is 218 Å². The molecule has 1 spiro atoms. The Labute approximate surface area is 322 Å². The highest BCUT2D eigenvalue weighted by molar-refractivity contribution is 7.24. The van der Waals surface area contributed by atoms with Gasteiger partial charge in [0.2, 0.25) is 0 Å². The molecule has 9 aromatic rings. The van der Waals surface area contributed by atoms with Crippen molar-refractivity contribution >= 4 is 73.7 Å². The van der Waals surface area contributed by atoms with Crippen molar-refractivity contribution in [2.24, 2.45) is 0 Å². The zero-order valence-electron chi connectivity index (χ0n) is 30.2. The number of anilines is 6. The van der Waals surface area contributed by atoms with E-state index in [-0.39, 0.29) is 0 Å². The van der Waals surface area contributed by atoms with Gasteiger partial charge in [-0.15, -0.1) is 0 Å². The summed E-state index contributed by atoms with van der Waals surface area (Å²) >= 11 is 0. The molecule has 0 atom stereocenters. The van der Waals surface area contributed by atoms with Crippen molar-refractivity contribution in [1.29, 1.82) is 0 Å². The maximum absolute atomic E-state index is 2.88. The molecule has 0 fully saturated rings. The summed E-state index contributed by atoms with van der Waals surface area (Å²) in [6.07, 6.45) is 0. The van der Waals surface area contributed by atoms with Gasteiger partial charge in [0.25, 0.3) is 0 Å². The van der Waals surface area contributed by atoms with Gasteiger partial charge in [-0.2, -0.15) is 0 Å². The average Bonchev–Trinajstić information content (AvgIpc) is 3.72. The molecule has 258 valence electrons. The second-order valence-corrected chi connectivity index (χ2v) is 18.1. The average molecular weight is 717 g/mol. The Balaban J connectivity index is 1.27. The van der Waals surface area contributed by atoms with Gasteiger partial charge in [-0.3, -0.25) is 0 Å². The zero-order valence-corrected chi connectivity index (χ0v) is 31.2. The highest BCUT2D eigenvalue weighted by Crippen LogP contribution is 2.46. The van der Waals surface area contributed by atoms with Gasteiger partial charge >= 0.3 is 0 Å². The number of rotatable bonds is 6. The standard InChI is InChI=1S/C52H36N2Si/c1-5-19-37(20-6-1)53(38-21-7-2-8-22-38)41-33-34-46-50(35-41)55(48-31-17-15-28-43(48)44-29-16-18-32-49(44)55)51-36-47(42-27-13-14-30-45(42)52(46)51)54(39-23-9-3-10-24-39)40-25-11-4-12-26-40/h1-36H. The van der Waals surface area contributed by atoms with Crippen LogP contribution in [0.4, 0.5) is 34.1 Å². The molecule has 0 N–H and O–H groups in total. The summed E-state index contributed by atoms with van der Waals surface area (Å²) in [5.74, 6) is 0. The van der Waals surface area contributed by atoms with Crippen LogP contribution in [0, 0.1) is 0 Å². The highest BCUT2D eigenvalue weighted by atomic mass is 28.3. The Hall–Kier alpha value is -6.94. The van der Waals surface area contributed by atoms with Crippen LogP contribution >= 0.6 is 0 Å². The van der Waals surface area contributed by atoms with Crippen LogP contribution in [0.1, 0.15) is 0 Å². The Bertz CT molecular complexity index is 2750. The topological polar surface area (TPSA) is 6.48 Å². The molecule has 2 heterocycles. The van der Waals surface area contributed by atoms with Crippen molar-refractivity contribution in [3.63, 3.8) is 0 Å². The van der Waals surface area contributed by atoms with Gasteiger partial charge in [-0.05, 0) is 115 Å². The quantitative estimate of drug-likeness (QED) is 0.158. The minimum absolute atomic E-state index is 1.14. The zero-order chi connectivity index (χ0) is 36.3. The van der Waals surface area contributed by atoms with Crippen molar-refractivity contribution in [2.75, 3.05) is 9.80 Å². The normalized spacial score (nSPS) is 12.9. The van der Waals surface area contributed by atoms with E-state index in [1.54, 1.807) is 0 Å². The van der Waals surface area contributed by atoms with Gasteiger partial charge in [0, 0.05) is 33.8 Å². The van der Waals surface area contributed by atoms with Crippen molar-refractivity contribution in [1.82, 2.24) is 0 Å². The van der Waals surface area contributed by atoms with E-state index in [0.29, 0.717) is 0 Å². The van der Waals surface area contributed by atoms with Crippen LogP contribution in [-0.2, 0) is 0 Å². The fraction of sp³-hybridized carbons (Fsp3) is 0. The molecule has 2 aliphatic heterocycles. The third kappa shape index (κ3) is 4.67. The Morgan fingerprint density at radius 2 is 0.709 bits per heavy atom. The molecule has 3 heteroatoms. The molecule has 0 saturated carbocycles. The summed E-state index contributed by atoms with van der Waals surface area (Å²) in [7, 11) is -2.88. The summed E-state index contributed by atoms with van der Waals surface area (Å²) in [6.45, 7) is 0. The molecular formula is C52H36N2Si. The van der Waals surface area contributed by atoms with Crippen LogP contribution < -0.4 is 30.5 Å². The van der Waals surface area contributed by atoms with E-state index >= 15 is 0 Å². The van der Waals surface area contributed by atoms with Crippen LogP contribution in [0.25, 0.3) is 33.0 Å². The molecule has 0 radical (unpaired) electrons. The minimum atomic E-state index is -2.88. The highest BCUT2D eigenvalue weighted by Gasteiger charge is 2.55. The minimum Gasteiger partial charge on any atom is -0.311 e. The van der Waals surface area contributed by atoms with Gasteiger partial charge in [0.15, 0.2) is 8.07 Å². The molecule has 0 unspecified atom stereocenters. The number of hydrogen-bond acceptors (Lipinski definition) is 2. The molecule has 2 aliphatic rings. The lowest BCUT2D eigenvalue weighted by Crippen LogP contribution is -2.70. The van der Waals surface area contributed by atoms with E-state index in [4.69, 9.17) is 0 Å². The maximum atomic E-state index is 2.58. The summed E-state index contributed by atoms with van der Waals surface area (Å²) in [5, 5.41) is 8.36. The number of hydrogen-bond donors (Lipinski definition) is 0. The molecular weight excluding hydrogens is 681 g/mol. The molecule has 0 aliphatic carbocycles. The molecule has 0 bridgehead atoms. The fourth-order valence-corrected chi connectivity index (χ4v) is 15.1. The third-order valence-corrected chi connectivity index (χ3v) is 16.5. The maximum Gasteiger partial charge on any atom is 0.182 e. The van der Waals surface area contributed by atoms with E-state index in [9.17, 15) is 0 Å². The summed E-state index contributed by atoms with van der Waals surface area (Å²) in [4.78, 5) is 4.87. The second-order valence-electron chi connectivity index (χ2n) is 14.4. The van der Waals surface area contributed by atoms with Crippen molar-refractivity contribution < 1.29 is 0 Å². The van der Waals surface area contributed by atoms with Gasteiger partial charge in [0.05, 0.1) is 5.69 Å². The SMILES string of the molecule is c1ccc(N(c2ccccc2)c2ccc3c(c2)[Si]2(c4ccccc4-c4ccccc42)c2cc(N(c4ccccc4)c4ccccc4)c4ccccc4c2-3)cc1. The van der Waals surface area contributed by atoms with E-state index in [2.05, 4.69) is 228 Å². The number of nitrogens with zero attached hydrogens (tertiary/aromatic N) is 2. The lowest BCUT2D eigenvalue weighted by Gasteiger charge is -2.32. The Morgan fingerprint density at radius 1 is 0.273 bits per heavy atom. The molecule has 0 saturated heterocycles. The molecule has 55 heavy (non-hydrogen) atoms. The van der Waals surface area contributed by atoms with Gasteiger partial charge in [0.1, 0.15) is 0 Å². The first-order valence-electron chi connectivity index (χ1n) is 19.0. The number of para-hydroxylation sites is 4. The third-order valence-electron chi connectivity index (χ3n) is 11.6. The lowest BCUT2D eigenvalue weighted by molar-refractivity contribution is 1.29. The summed E-state index contributed by atoms with van der Waals surface area (Å²) in [6, 6.07) is 80.7. The number of benzene rings is 9. The molecule has 0 amide bonds. The first-order valence-corrected chi connectivity index (χ1v) is 21.0. The van der Waals surface area contributed by atoms with Crippen molar-refractivity contribution in [3.05, 3.63) is 218 Å². The molecule has 11 rings (SSSR count). The van der Waals surface area contributed by atoms with E-state index in [1.807, 2.05) is 0 Å². The van der Waals surface area contributed by atoms with E-state index in [1.165, 1.54) is 59.5 Å². The van der Waals surface area contributed by atoms with E-state index in [0.717, 1.165) is 28.4 Å². The molecule has 0 aromatic heterocycles. The first kappa shape index (κ1) is 31.6. The predicted octanol–water partition coefficient (Wildman–Crippen LogP) is 11.1. The van der Waals surface area contributed by atoms with Gasteiger partial charge < -0.3 is 9.80 Å². The monoisotopic (exact) mass is 716 g/mol. The number of fused-ring (bicyclic) bond motifs is 12.